The number of nitrogens with zero attached hydrogens (tertiary/aromatic N) is 4. The van der Waals surface area contributed by atoms with E-state index in [1.807, 2.05) is 12.1 Å². The van der Waals surface area contributed by atoms with Crippen LogP contribution in [0.1, 0.15) is 45.9 Å². The van der Waals surface area contributed by atoms with E-state index < -0.39 is 6.09 Å². The first-order valence-electron chi connectivity index (χ1n) is 8.52. The van der Waals surface area contributed by atoms with Crippen molar-refractivity contribution in [3.63, 3.8) is 0 Å². The number of hydrogen-bond acceptors (Lipinski definition) is 3. The Bertz CT molecular complexity index is 895. The van der Waals surface area contributed by atoms with Gasteiger partial charge in [-0.2, -0.15) is 5.10 Å². The fourth-order valence-electron chi connectivity index (χ4n) is 3.98. The monoisotopic (exact) mass is 374 g/mol. The van der Waals surface area contributed by atoms with Gasteiger partial charge in [0.1, 0.15) is 0 Å². The standard InChI is InChI=1S/C18H19ClN4O3/c1-21-8-12(7-20-21)17(24)22-9-11-5-13(19)6-14(15(11)10-22)16-3-2-4-23(16)18(25)26/h5-8,16H,2-4,9-10H2,1H3,(H,25,26)/t16-/m0/s1. The molecule has 0 radical (unpaired) electrons. The number of likely N-dealkylation sites (tertiary alicyclic amines) is 1. The Balaban J connectivity index is 1.66. The van der Waals surface area contributed by atoms with Gasteiger partial charge in [-0.3, -0.25) is 9.48 Å². The van der Waals surface area contributed by atoms with E-state index in [9.17, 15) is 14.7 Å². The molecule has 2 aliphatic rings. The first-order valence-corrected chi connectivity index (χ1v) is 8.90. The Hall–Kier alpha value is -2.54. The second-order valence-corrected chi connectivity index (χ2v) is 7.27. The van der Waals surface area contributed by atoms with Crippen LogP contribution in [0.4, 0.5) is 4.79 Å². The van der Waals surface area contributed by atoms with E-state index in [-0.39, 0.29) is 11.9 Å². The molecular weight excluding hydrogens is 356 g/mol. The van der Waals surface area contributed by atoms with E-state index in [4.69, 9.17) is 11.6 Å². The molecule has 0 aliphatic carbocycles. The van der Waals surface area contributed by atoms with Gasteiger partial charge in [0.2, 0.25) is 0 Å². The Morgan fingerprint density at radius 3 is 2.81 bits per heavy atom. The van der Waals surface area contributed by atoms with Gasteiger partial charge in [0.25, 0.3) is 5.91 Å². The van der Waals surface area contributed by atoms with Gasteiger partial charge in [-0.15, -0.1) is 0 Å². The predicted octanol–water partition coefficient (Wildman–Crippen LogP) is 3.04. The lowest BCUT2D eigenvalue weighted by Gasteiger charge is -2.24. The van der Waals surface area contributed by atoms with Crippen LogP contribution >= 0.6 is 11.6 Å². The summed E-state index contributed by atoms with van der Waals surface area (Å²) >= 11 is 6.30. The molecule has 2 aromatic rings. The quantitative estimate of drug-likeness (QED) is 0.876. The zero-order valence-electron chi connectivity index (χ0n) is 14.4. The third-order valence-electron chi connectivity index (χ3n) is 5.15. The average Bonchev–Trinajstić information content (AvgIpc) is 3.31. The molecule has 0 spiro atoms. The molecule has 0 bridgehead atoms. The van der Waals surface area contributed by atoms with Gasteiger partial charge in [0.15, 0.2) is 0 Å². The smallest absolute Gasteiger partial charge is 0.407 e. The highest BCUT2D eigenvalue weighted by molar-refractivity contribution is 6.30. The van der Waals surface area contributed by atoms with Crippen LogP contribution in [0.15, 0.2) is 24.5 Å². The summed E-state index contributed by atoms with van der Waals surface area (Å²) in [5, 5.41) is 14.1. The van der Waals surface area contributed by atoms with Crippen molar-refractivity contribution in [3.05, 3.63) is 51.8 Å². The Morgan fingerprint density at radius 1 is 1.31 bits per heavy atom. The third kappa shape index (κ3) is 2.82. The fraction of sp³-hybridized carbons (Fsp3) is 0.389. The number of rotatable bonds is 2. The molecule has 26 heavy (non-hydrogen) atoms. The Morgan fingerprint density at radius 2 is 2.12 bits per heavy atom. The van der Waals surface area contributed by atoms with E-state index in [1.165, 1.54) is 4.90 Å². The number of halogens is 1. The lowest BCUT2D eigenvalue weighted by molar-refractivity contribution is 0.0750. The summed E-state index contributed by atoms with van der Waals surface area (Å²) in [4.78, 5) is 27.5. The topological polar surface area (TPSA) is 78.7 Å². The lowest BCUT2D eigenvalue weighted by atomic mass is 9.96. The molecule has 3 heterocycles. The van der Waals surface area contributed by atoms with Crippen molar-refractivity contribution in [2.75, 3.05) is 6.54 Å². The van der Waals surface area contributed by atoms with Crippen LogP contribution in [-0.2, 0) is 20.1 Å². The van der Waals surface area contributed by atoms with E-state index >= 15 is 0 Å². The van der Waals surface area contributed by atoms with Crippen molar-refractivity contribution >= 4 is 23.6 Å². The van der Waals surface area contributed by atoms with Crippen LogP contribution in [-0.4, -0.2) is 43.2 Å². The minimum Gasteiger partial charge on any atom is -0.465 e. The molecule has 0 saturated carbocycles. The predicted molar refractivity (Wildman–Crippen MR) is 94.9 cm³/mol. The second kappa shape index (κ2) is 6.32. The average molecular weight is 375 g/mol. The van der Waals surface area contributed by atoms with Crippen molar-refractivity contribution in [3.8, 4) is 0 Å². The number of carbonyl (C=O) groups is 2. The maximum Gasteiger partial charge on any atom is 0.407 e. The highest BCUT2D eigenvalue weighted by atomic mass is 35.5. The van der Waals surface area contributed by atoms with Gasteiger partial charge in [-0.25, -0.2) is 4.79 Å². The van der Waals surface area contributed by atoms with Crippen LogP contribution in [0.2, 0.25) is 5.02 Å². The molecule has 1 atom stereocenters. The maximum atomic E-state index is 12.8. The molecule has 1 N–H and O–H groups in total. The van der Waals surface area contributed by atoms with Crippen LogP contribution in [0.3, 0.4) is 0 Å². The number of aromatic nitrogens is 2. The number of amides is 2. The molecular formula is C18H19ClN4O3. The summed E-state index contributed by atoms with van der Waals surface area (Å²) in [6.07, 6.45) is 3.94. The van der Waals surface area contributed by atoms with Gasteiger partial charge in [0, 0.05) is 37.9 Å². The van der Waals surface area contributed by atoms with E-state index in [0.717, 1.165) is 29.5 Å². The molecule has 1 aromatic carbocycles. The molecule has 1 fully saturated rings. The molecule has 7 nitrogen and oxygen atoms in total. The zero-order valence-corrected chi connectivity index (χ0v) is 15.1. The first kappa shape index (κ1) is 16.9. The normalized spacial score (nSPS) is 19.1. The molecule has 2 aliphatic heterocycles. The summed E-state index contributed by atoms with van der Waals surface area (Å²) in [6.45, 7) is 1.45. The Kier molecular flexibility index (Phi) is 4.11. The highest BCUT2D eigenvalue weighted by Gasteiger charge is 2.35. The summed E-state index contributed by atoms with van der Waals surface area (Å²) in [6, 6.07) is 3.52. The lowest BCUT2D eigenvalue weighted by Crippen LogP contribution is -2.29. The van der Waals surface area contributed by atoms with Crippen LogP contribution < -0.4 is 0 Å². The summed E-state index contributed by atoms with van der Waals surface area (Å²) in [5.74, 6) is -0.0853. The van der Waals surface area contributed by atoms with E-state index in [1.54, 1.807) is 29.0 Å². The summed E-state index contributed by atoms with van der Waals surface area (Å²) in [5.41, 5.74) is 3.47. The Labute approximate surface area is 155 Å². The van der Waals surface area contributed by atoms with Crippen molar-refractivity contribution < 1.29 is 14.7 Å². The van der Waals surface area contributed by atoms with Gasteiger partial charge in [-0.1, -0.05) is 11.6 Å². The fourth-order valence-corrected chi connectivity index (χ4v) is 4.23. The molecule has 8 heteroatoms. The SMILES string of the molecule is Cn1cc(C(=O)N2Cc3cc(Cl)cc([C@@H]4CCCN4C(=O)O)c3C2)cn1. The van der Waals surface area contributed by atoms with Crippen molar-refractivity contribution in [2.24, 2.45) is 7.05 Å². The number of hydrogen-bond donors (Lipinski definition) is 1. The van der Waals surface area contributed by atoms with Gasteiger partial charge < -0.3 is 14.9 Å². The molecule has 4 rings (SSSR count). The van der Waals surface area contributed by atoms with Crippen LogP contribution in [0.5, 0.6) is 0 Å². The van der Waals surface area contributed by atoms with Crippen LogP contribution in [0, 0.1) is 0 Å². The third-order valence-corrected chi connectivity index (χ3v) is 5.37. The van der Waals surface area contributed by atoms with E-state index in [2.05, 4.69) is 5.10 Å². The number of aryl methyl sites for hydroxylation is 1. The molecule has 0 unspecified atom stereocenters. The van der Waals surface area contributed by atoms with Gasteiger partial charge >= 0.3 is 6.09 Å². The molecule has 1 aromatic heterocycles. The van der Waals surface area contributed by atoms with Gasteiger partial charge in [0.05, 0.1) is 17.8 Å². The summed E-state index contributed by atoms with van der Waals surface area (Å²) < 4.78 is 1.60. The number of carboxylic acid groups (broad SMARTS) is 1. The number of fused-ring (bicyclic) bond motifs is 1. The largest absolute Gasteiger partial charge is 0.465 e. The first-order chi connectivity index (χ1) is 12.4. The second-order valence-electron chi connectivity index (χ2n) is 6.83. The highest BCUT2D eigenvalue weighted by Crippen LogP contribution is 2.39. The van der Waals surface area contributed by atoms with Crippen molar-refractivity contribution in [1.29, 1.82) is 0 Å². The maximum absolute atomic E-state index is 12.8. The van der Waals surface area contributed by atoms with Crippen molar-refractivity contribution in [2.45, 2.75) is 32.0 Å². The number of carbonyl (C=O) groups excluding carboxylic acids is 1. The van der Waals surface area contributed by atoms with Crippen LogP contribution in [0.25, 0.3) is 0 Å². The zero-order chi connectivity index (χ0) is 18.4. The minimum absolute atomic E-state index is 0.0853. The number of benzene rings is 1. The molecule has 1 saturated heterocycles. The minimum atomic E-state index is -0.914. The molecule has 2 amide bonds. The van der Waals surface area contributed by atoms with Gasteiger partial charge in [-0.05, 0) is 41.7 Å². The summed E-state index contributed by atoms with van der Waals surface area (Å²) in [7, 11) is 1.77. The van der Waals surface area contributed by atoms with E-state index in [0.29, 0.717) is 30.2 Å². The molecule has 136 valence electrons. The van der Waals surface area contributed by atoms with Crippen molar-refractivity contribution in [1.82, 2.24) is 19.6 Å².